The Balaban J connectivity index is 1.33. The Morgan fingerprint density at radius 3 is 2.40 bits per heavy atom. The summed E-state index contributed by atoms with van der Waals surface area (Å²) in [5.41, 5.74) is 2.66. The summed E-state index contributed by atoms with van der Waals surface area (Å²) in [5.74, 6) is -0.261. The van der Waals surface area contributed by atoms with Crippen LogP contribution in [0.15, 0.2) is 30.6 Å². The second kappa shape index (κ2) is 11.8. The fourth-order valence-corrected chi connectivity index (χ4v) is 9.15. The number of fused-ring (bicyclic) bond motifs is 1. The number of nitrogens with one attached hydrogen (secondary N) is 1. The fraction of sp³-hybridized carbons (Fsp3) is 0.542. The van der Waals surface area contributed by atoms with E-state index in [4.69, 9.17) is 26.1 Å². The Labute approximate surface area is 235 Å². The van der Waals surface area contributed by atoms with Crippen molar-refractivity contribution in [2.45, 2.75) is 69.0 Å². The van der Waals surface area contributed by atoms with Crippen molar-refractivity contribution in [2.24, 2.45) is 0 Å². The fourth-order valence-electron chi connectivity index (χ4n) is 5.46. The van der Waals surface area contributed by atoms with Crippen molar-refractivity contribution in [3.05, 3.63) is 41.4 Å². The first-order valence-corrected chi connectivity index (χ1v) is 17.2. The highest BCUT2D eigenvalue weighted by Gasteiger charge is 2.45. The normalized spacial score (nSPS) is 25.8. The van der Waals surface area contributed by atoms with Crippen LogP contribution < -0.4 is 5.32 Å². The van der Waals surface area contributed by atoms with E-state index >= 15 is 0 Å². The number of hydrogen-bond donors (Lipinski definition) is 6. The average molecular weight is 616 g/mol. The lowest BCUT2D eigenvalue weighted by atomic mass is 9.84. The highest BCUT2D eigenvalue weighted by Crippen LogP contribution is 2.55. The van der Waals surface area contributed by atoms with Crippen LogP contribution in [0.3, 0.4) is 0 Å². The molecule has 1 saturated carbocycles. The molecule has 3 heterocycles. The zero-order valence-corrected chi connectivity index (χ0v) is 24.0. The molecule has 0 radical (unpaired) electrons. The molecule has 5 atom stereocenters. The molecule has 2 aromatic heterocycles. The van der Waals surface area contributed by atoms with Gasteiger partial charge in [-0.1, -0.05) is 31.4 Å². The second-order valence-corrected chi connectivity index (χ2v) is 15.4. The van der Waals surface area contributed by atoms with Crippen LogP contribution >= 0.6 is 26.6 Å². The van der Waals surface area contributed by atoms with E-state index in [-0.39, 0.29) is 17.4 Å². The molecule has 0 spiro atoms. The summed E-state index contributed by atoms with van der Waals surface area (Å²) in [6.45, 7) is 0. The van der Waals surface area contributed by atoms with E-state index in [0.717, 1.165) is 5.69 Å². The van der Waals surface area contributed by atoms with E-state index in [2.05, 4.69) is 32.4 Å². The summed E-state index contributed by atoms with van der Waals surface area (Å²) in [4.78, 5) is 40.9. The summed E-state index contributed by atoms with van der Waals surface area (Å²) < 4.78 is 30.5. The molecule has 5 rings (SSSR count). The number of anilines is 2. The van der Waals surface area contributed by atoms with Crippen LogP contribution in [0.25, 0.3) is 11.2 Å². The average Bonchev–Trinajstić information content (AvgIpc) is 3.43. The molecular weight excluding hydrogens is 584 g/mol. The van der Waals surface area contributed by atoms with Gasteiger partial charge in [0, 0.05) is 11.8 Å². The van der Waals surface area contributed by atoms with Crippen molar-refractivity contribution < 1.29 is 38.8 Å². The lowest BCUT2D eigenvalue weighted by Gasteiger charge is -2.22. The topological polar surface area (TPSA) is 200 Å². The van der Waals surface area contributed by atoms with Crippen molar-refractivity contribution in [3.63, 3.8) is 0 Å². The van der Waals surface area contributed by atoms with Crippen molar-refractivity contribution in [1.29, 1.82) is 0 Å². The molecule has 1 saturated heterocycles. The Morgan fingerprint density at radius 1 is 1.02 bits per heavy atom. The summed E-state index contributed by atoms with van der Waals surface area (Å²) >= 11 is 6.22. The summed E-state index contributed by atoms with van der Waals surface area (Å²) in [7, 11) is -8.90. The van der Waals surface area contributed by atoms with Gasteiger partial charge >= 0.3 is 7.60 Å². The first-order chi connectivity index (χ1) is 18.9. The van der Waals surface area contributed by atoms with Gasteiger partial charge in [-0.25, -0.2) is 4.98 Å². The summed E-state index contributed by atoms with van der Waals surface area (Å²) in [5, 5.41) is 24.4. The molecule has 6 N–H and O–H groups in total. The molecule has 0 amide bonds. The number of aliphatic hydroxyl groups is 2. The molecular formula is C24H32ClN5O8P2. The van der Waals surface area contributed by atoms with Crippen LogP contribution in [0, 0.1) is 0 Å². The third kappa shape index (κ3) is 6.75. The van der Waals surface area contributed by atoms with Crippen LogP contribution in [-0.2, 0) is 13.9 Å². The van der Waals surface area contributed by atoms with Crippen molar-refractivity contribution in [3.8, 4) is 0 Å². The highest BCUT2D eigenvalue weighted by molar-refractivity contribution is 7.72. The molecule has 2 aliphatic rings. The van der Waals surface area contributed by atoms with E-state index in [1.807, 2.05) is 12.1 Å². The lowest BCUT2D eigenvalue weighted by molar-refractivity contribution is -0.0354. The maximum atomic E-state index is 12.2. The van der Waals surface area contributed by atoms with E-state index in [1.165, 1.54) is 48.6 Å². The van der Waals surface area contributed by atoms with Crippen LogP contribution in [-0.4, -0.2) is 74.8 Å². The number of imidazole rings is 1. The number of aromatic nitrogens is 4. The predicted octanol–water partition coefficient (Wildman–Crippen LogP) is 3.69. The van der Waals surface area contributed by atoms with Crippen molar-refractivity contribution in [2.75, 3.05) is 17.4 Å². The standard InChI is InChI=1S/C24H32ClN5O8P2/c25-24-28-21(27-16-8-6-15(7-9-16)14-4-2-1-3-5-14)18-22(29-24)30(12-26-18)23-20(32)19(31)17(38-23)10-11-39(33,34)13-40(35,36)37/h6-9,12,14,17,19-20,23,31-32H,1-5,10-11,13H2,(H,33,34)(H,27,28,29)(H2,35,36,37). The predicted molar refractivity (Wildman–Crippen MR) is 148 cm³/mol. The Bertz CT molecular complexity index is 1450. The maximum absolute atomic E-state index is 12.2. The molecule has 218 valence electrons. The van der Waals surface area contributed by atoms with Gasteiger partial charge in [0.1, 0.15) is 18.1 Å². The van der Waals surface area contributed by atoms with Gasteiger partial charge < -0.3 is 34.9 Å². The molecule has 1 aromatic carbocycles. The number of halogens is 1. The molecule has 13 nitrogen and oxygen atoms in total. The van der Waals surface area contributed by atoms with Gasteiger partial charge in [-0.15, -0.1) is 0 Å². The number of ether oxygens (including phenoxy) is 1. The number of benzene rings is 1. The zero-order chi connectivity index (χ0) is 28.7. The smallest absolute Gasteiger partial charge is 0.335 e. The van der Waals surface area contributed by atoms with Crippen molar-refractivity contribution in [1.82, 2.24) is 19.5 Å². The molecule has 0 bridgehead atoms. The largest absolute Gasteiger partial charge is 0.388 e. The Kier molecular flexibility index (Phi) is 8.69. The van der Waals surface area contributed by atoms with E-state index < -0.39 is 51.6 Å². The first-order valence-electron chi connectivity index (χ1n) is 13.0. The minimum atomic E-state index is -4.71. The van der Waals surface area contributed by atoms with Crippen LogP contribution in [0.1, 0.15) is 56.2 Å². The SMILES string of the molecule is O=P(O)(O)CP(=O)(O)CCC1OC(n2cnc3c(Nc4ccc(C5CCCCC5)cc4)nc(Cl)nc32)C(O)C1O. The van der Waals surface area contributed by atoms with Gasteiger partial charge in [0.25, 0.3) is 0 Å². The van der Waals surface area contributed by atoms with Gasteiger partial charge in [-0.2, -0.15) is 9.97 Å². The van der Waals surface area contributed by atoms with Gasteiger partial charge in [0.2, 0.25) is 12.7 Å². The third-order valence-electron chi connectivity index (χ3n) is 7.42. The van der Waals surface area contributed by atoms with Gasteiger partial charge in [-0.3, -0.25) is 13.7 Å². The maximum Gasteiger partial charge on any atom is 0.335 e. The molecule has 40 heavy (non-hydrogen) atoms. The van der Waals surface area contributed by atoms with Gasteiger partial charge in [0.15, 0.2) is 23.2 Å². The first kappa shape index (κ1) is 29.6. The molecule has 16 heteroatoms. The van der Waals surface area contributed by atoms with Crippen LogP contribution in [0.5, 0.6) is 0 Å². The Morgan fingerprint density at radius 2 is 1.73 bits per heavy atom. The Hall–Kier alpha value is -1.92. The monoisotopic (exact) mass is 615 g/mol. The highest BCUT2D eigenvalue weighted by atomic mass is 35.5. The lowest BCUT2D eigenvalue weighted by Crippen LogP contribution is -2.32. The quantitative estimate of drug-likeness (QED) is 0.151. The van der Waals surface area contributed by atoms with Crippen LogP contribution in [0.2, 0.25) is 5.28 Å². The number of hydrogen-bond acceptors (Lipinski definition) is 9. The summed E-state index contributed by atoms with van der Waals surface area (Å²) in [6.07, 6.45) is 1.72. The van der Waals surface area contributed by atoms with Gasteiger partial charge in [0.05, 0.1) is 12.4 Å². The number of aliphatic hydroxyl groups excluding tert-OH is 2. The van der Waals surface area contributed by atoms with E-state index in [1.54, 1.807) is 0 Å². The van der Waals surface area contributed by atoms with E-state index in [0.29, 0.717) is 17.3 Å². The minimum Gasteiger partial charge on any atom is -0.388 e. The van der Waals surface area contributed by atoms with Crippen molar-refractivity contribution >= 4 is 49.2 Å². The van der Waals surface area contributed by atoms with Gasteiger partial charge in [-0.05, 0) is 54.5 Å². The zero-order valence-electron chi connectivity index (χ0n) is 21.5. The molecule has 3 aromatic rings. The molecule has 1 aliphatic carbocycles. The molecule has 1 aliphatic heterocycles. The second-order valence-electron chi connectivity index (χ2n) is 10.5. The number of rotatable bonds is 9. The van der Waals surface area contributed by atoms with Crippen LogP contribution in [0.4, 0.5) is 11.5 Å². The number of nitrogens with zero attached hydrogens (tertiary/aromatic N) is 4. The molecule has 2 fully saturated rings. The minimum absolute atomic E-state index is 0.0844. The van der Waals surface area contributed by atoms with E-state index in [9.17, 15) is 24.2 Å². The summed E-state index contributed by atoms with van der Waals surface area (Å²) in [6, 6.07) is 8.15. The third-order valence-corrected chi connectivity index (χ3v) is 11.8. The molecule has 5 unspecified atom stereocenters.